The Morgan fingerprint density at radius 3 is 2.46 bits per heavy atom. The van der Waals surface area contributed by atoms with Crippen LogP contribution in [0.1, 0.15) is 50.2 Å². The summed E-state index contributed by atoms with van der Waals surface area (Å²) in [5.41, 5.74) is 0. The largest absolute Gasteiger partial charge is 0.343 e. The monoisotopic (exact) mass is 332 g/mol. The summed E-state index contributed by atoms with van der Waals surface area (Å²) in [5.74, 6) is 2.96. The standard InChI is InChI=1S/C17H24N4O3/c1-11(22)20-6-4-13(5-7-20)16-18-15(24-19-16)8-12-9-21(10-12)17(23)14-2-3-14/h12-14H,2-10H2,1H3. The molecule has 4 rings (SSSR count). The number of rotatable bonds is 4. The normalized spacial score (nSPS) is 22.5. The van der Waals surface area contributed by atoms with Gasteiger partial charge in [-0.1, -0.05) is 5.16 Å². The summed E-state index contributed by atoms with van der Waals surface area (Å²) in [6, 6.07) is 0. The fourth-order valence-electron chi connectivity index (χ4n) is 3.68. The quantitative estimate of drug-likeness (QED) is 0.828. The van der Waals surface area contributed by atoms with Crippen LogP contribution in [-0.2, 0) is 16.0 Å². The summed E-state index contributed by atoms with van der Waals surface area (Å²) < 4.78 is 5.41. The van der Waals surface area contributed by atoms with Gasteiger partial charge >= 0.3 is 0 Å². The Balaban J connectivity index is 1.25. The molecule has 0 spiro atoms. The van der Waals surface area contributed by atoms with Gasteiger partial charge in [0.15, 0.2) is 5.82 Å². The topological polar surface area (TPSA) is 79.5 Å². The van der Waals surface area contributed by atoms with Crippen LogP contribution >= 0.6 is 0 Å². The molecule has 0 N–H and O–H groups in total. The number of carbonyl (C=O) groups is 2. The molecule has 1 saturated carbocycles. The summed E-state index contributed by atoms with van der Waals surface area (Å²) in [6.45, 7) is 4.80. The van der Waals surface area contributed by atoms with E-state index in [1.165, 1.54) is 0 Å². The van der Waals surface area contributed by atoms with E-state index in [1.54, 1.807) is 6.92 Å². The van der Waals surface area contributed by atoms with Crippen molar-refractivity contribution in [3.63, 3.8) is 0 Å². The molecule has 0 aromatic carbocycles. The van der Waals surface area contributed by atoms with Crippen LogP contribution in [0, 0.1) is 11.8 Å². The van der Waals surface area contributed by atoms with Gasteiger partial charge in [0, 0.05) is 57.3 Å². The second-order valence-corrected chi connectivity index (χ2v) is 7.41. The first-order valence-electron chi connectivity index (χ1n) is 8.97. The van der Waals surface area contributed by atoms with Crippen LogP contribution in [0.5, 0.6) is 0 Å². The van der Waals surface area contributed by atoms with Gasteiger partial charge in [-0.25, -0.2) is 0 Å². The molecule has 2 aliphatic heterocycles. The van der Waals surface area contributed by atoms with Crippen molar-refractivity contribution in [2.24, 2.45) is 11.8 Å². The number of aromatic nitrogens is 2. The lowest BCUT2D eigenvalue weighted by Crippen LogP contribution is -2.51. The Morgan fingerprint density at radius 1 is 1.12 bits per heavy atom. The molecule has 0 atom stereocenters. The van der Waals surface area contributed by atoms with E-state index in [1.807, 2.05) is 9.80 Å². The summed E-state index contributed by atoms with van der Waals surface area (Å²) in [5, 5.41) is 4.14. The number of hydrogen-bond donors (Lipinski definition) is 0. The van der Waals surface area contributed by atoms with Gasteiger partial charge in [-0.2, -0.15) is 4.98 Å². The van der Waals surface area contributed by atoms with Crippen molar-refractivity contribution < 1.29 is 14.1 Å². The van der Waals surface area contributed by atoms with Crippen LogP contribution in [0.25, 0.3) is 0 Å². The van der Waals surface area contributed by atoms with E-state index >= 15 is 0 Å². The van der Waals surface area contributed by atoms with Crippen molar-refractivity contribution in [2.75, 3.05) is 26.2 Å². The molecule has 7 nitrogen and oxygen atoms in total. The molecule has 2 saturated heterocycles. The summed E-state index contributed by atoms with van der Waals surface area (Å²) in [4.78, 5) is 31.7. The Hall–Kier alpha value is -1.92. The highest BCUT2D eigenvalue weighted by Gasteiger charge is 2.39. The highest BCUT2D eigenvalue weighted by molar-refractivity contribution is 5.81. The van der Waals surface area contributed by atoms with Crippen LogP contribution < -0.4 is 0 Å². The lowest BCUT2D eigenvalue weighted by Gasteiger charge is -2.38. The van der Waals surface area contributed by atoms with Crippen molar-refractivity contribution in [1.82, 2.24) is 19.9 Å². The molecule has 24 heavy (non-hydrogen) atoms. The van der Waals surface area contributed by atoms with E-state index in [0.29, 0.717) is 23.6 Å². The molecule has 7 heteroatoms. The number of nitrogens with zero attached hydrogens (tertiary/aromatic N) is 4. The van der Waals surface area contributed by atoms with E-state index in [9.17, 15) is 9.59 Å². The number of hydrogen-bond acceptors (Lipinski definition) is 5. The minimum atomic E-state index is 0.137. The van der Waals surface area contributed by atoms with Gasteiger partial charge in [0.1, 0.15) is 0 Å². The van der Waals surface area contributed by atoms with E-state index in [-0.39, 0.29) is 11.8 Å². The van der Waals surface area contributed by atoms with Crippen molar-refractivity contribution in [3.05, 3.63) is 11.7 Å². The molecule has 130 valence electrons. The van der Waals surface area contributed by atoms with E-state index in [4.69, 9.17) is 4.52 Å². The molecule has 0 unspecified atom stereocenters. The Morgan fingerprint density at radius 2 is 1.83 bits per heavy atom. The zero-order valence-electron chi connectivity index (χ0n) is 14.1. The molecule has 1 aliphatic carbocycles. The Bertz CT molecular complexity index is 626. The number of likely N-dealkylation sites (tertiary alicyclic amines) is 2. The van der Waals surface area contributed by atoms with Crippen molar-refractivity contribution in [2.45, 2.75) is 44.9 Å². The number of carbonyl (C=O) groups excluding carboxylic acids is 2. The third-order valence-corrected chi connectivity index (χ3v) is 5.45. The number of piperidine rings is 1. The van der Waals surface area contributed by atoms with Crippen molar-refractivity contribution >= 4 is 11.8 Å². The predicted octanol–water partition coefficient (Wildman–Crippen LogP) is 1.21. The fraction of sp³-hybridized carbons (Fsp3) is 0.765. The first-order chi connectivity index (χ1) is 11.6. The minimum Gasteiger partial charge on any atom is -0.343 e. The van der Waals surface area contributed by atoms with Crippen LogP contribution in [0.2, 0.25) is 0 Å². The smallest absolute Gasteiger partial charge is 0.227 e. The maximum absolute atomic E-state index is 11.9. The molecule has 2 amide bonds. The van der Waals surface area contributed by atoms with Gasteiger partial charge in [-0.3, -0.25) is 9.59 Å². The third kappa shape index (κ3) is 3.16. The molecular weight excluding hydrogens is 308 g/mol. The van der Waals surface area contributed by atoms with Gasteiger partial charge in [0.2, 0.25) is 17.7 Å². The van der Waals surface area contributed by atoms with Gasteiger partial charge in [-0.15, -0.1) is 0 Å². The summed E-state index contributed by atoms with van der Waals surface area (Å²) >= 11 is 0. The average molecular weight is 332 g/mol. The van der Waals surface area contributed by atoms with Crippen LogP contribution in [-0.4, -0.2) is 57.9 Å². The highest BCUT2D eigenvalue weighted by atomic mass is 16.5. The molecule has 3 heterocycles. The van der Waals surface area contributed by atoms with Crippen LogP contribution in [0.3, 0.4) is 0 Å². The van der Waals surface area contributed by atoms with Gasteiger partial charge in [0.25, 0.3) is 0 Å². The number of amides is 2. The fourth-order valence-corrected chi connectivity index (χ4v) is 3.68. The molecule has 3 fully saturated rings. The summed E-state index contributed by atoms with van der Waals surface area (Å²) in [7, 11) is 0. The summed E-state index contributed by atoms with van der Waals surface area (Å²) in [6.07, 6.45) is 4.68. The first kappa shape index (κ1) is 15.6. The van der Waals surface area contributed by atoms with E-state index in [0.717, 1.165) is 64.1 Å². The average Bonchev–Trinajstić information content (AvgIpc) is 3.29. The molecule has 1 aromatic heterocycles. The minimum absolute atomic E-state index is 0.137. The van der Waals surface area contributed by atoms with E-state index in [2.05, 4.69) is 10.1 Å². The van der Waals surface area contributed by atoms with Gasteiger partial charge in [0.05, 0.1) is 0 Å². The SMILES string of the molecule is CC(=O)N1CCC(c2noc(CC3CN(C(=O)C4CC4)C3)n2)CC1. The third-order valence-electron chi connectivity index (χ3n) is 5.45. The predicted molar refractivity (Wildman–Crippen MR) is 85.0 cm³/mol. The first-order valence-corrected chi connectivity index (χ1v) is 8.97. The maximum atomic E-state index is 11.9. The molecule has 0 radical (unpaired) electrons. The second-order valence-electron chi connectivity index (χ2n) is 7.41. The van der Waals surface area contributed by atoms with Crippen LogP contribution in [0.4, 0.5) is 0 Å². The van der Waals surface area contributed by atoms with Gasteiger partial charge in [-0.05, 0) is 25.7 Å². The van der Waals surface area contributed by atoms with E-state index < -0.39 is 0 Å². The lowest BCUT2D eigenvalue weighted by molar-refractivity contribution is -0.139. The van der Waals surface area contributed by atoms with Crippen LogP contribution in [0.15, 0.2) is 4.52 Å². The Kier molecular flexibility index (Phi) is 4.02. The zero-order valence-corrected chi connectivity index (χ0v) is 14.1. The zero-order chi connectivity index (χ0) is 16.7. The highest BCUT2D eigenvalue weighted by Crippen LogP contribution is 2.34. The Labute approximate surface area is 141 Å². The molecular formula is C17H24N4O3. The molecule has 1 aromatic rings. The van der Waals surface area contributed by atoms with Crippen molar-refractivity contribution in [3.8, 4) is 0 Å². The maximum Gasteiger partial charge on any atom is 0.227 e. The lowest BCUT2D eigenvalue weighted by atomic mass is 9.95. The molecule has 3 aliphatic rings. The van der Waals surface area contributed by atoms with Gasteiger partial charge < -0.3 is 14.3 Å². The second kappa shape index (κ2) is 6.18. The van der Waals surface area contributed by atoms with Crippen molar-refractivity contribution in [1.29, 1.82) is 0 Å². The molecule has 0 bridgehead atoms.